The van der Waals surface area contributed by atoms with Crippen LogP contribution in [0.4, 0.5) is 0 Å². The van der Waals surface area contributed by atoms with Crippen molar-refractivity contribution in [1.82, 2.24) is 20.5 Å². The lowest BCUT2D eigenvalue weighted by molar-refractivity contribution is 0.0928. The van der Waals surface area contributed by atoms with Crippen LogP contribution < -0.4 is 5.32 Å². The van der Waals surface area contributed by atoms with E-state index in [0.29, 0.717) is 5.92 Å². The Bertz CT molecular complexity index is 572. The van der Waals surface area contributed by atoms with E-state index >= 15 is 0 Å². The molecule has 0 aliphatic heterocycles. The lowest BCUT2D eigenvalue weighted by Gasteiger charge is -2.11. The number of hydrogen-bond donors (Lipinski definition) is 2. The van der Waals surface area contributed by atoms with Gasteiger partial charge >= 0.3 is 0 Å². The molecule has 1 aliphatic carbocycles. The van der Waals surface area contributed by atoms with Crippen LogP contribution in [0.15, 0.2) is 22.8 Å². The van der Waals surface area contributed by atoms with E-state index in [9.17, 15) is 4.79 Å². The predicted octanol–water partition coefficient (Wildman–Crippen LogP) is 2.03. The fraction of sp³-hybridized carbons (Fsp3) is 0.500. The van der Waals surface area contributed by atoms with Crippen LogP contribution in [-0.4, -0.2) is 27.1 Å². The average molecular weight is 274 g/mol. The number of H-pyrrole nitrogens is 1. The van der Waals surface area contributed by atoms with Crippen LogP contribution in [0.3, 0.4) is 0 Å². The topological polar surface area (TPSA) is 83.8 Å². The minimum absolute atomic E-state index is 0.0514. The maximum Gasteiger partial charge on any atom is 0.291 e. The fourth-order valence-corrected chi connectivity index (χ4v) is 2.09. The molecular formula is C14H18N4O2. The summed E-state index contributed by atoms with van der Waals surface area (Å²) in [5, 5.41) is 9.72. The molecule has 106 valence electrons. The molecular weight excluding hydrogens is 256 g/mol. The van der Waals surface area contributed by atoms with Crippen LogP contribution in [-0.2, 0) is 6.42 Å². The van der Waals surface area contributed by atoms with Crippen molar-refractivity contribution in [3.8, 4) is 0 Å². The summed E-state index contributed by atoms with van der Waals surface area (Å²) in [4.78, 5) is 16.2. The number of carbonyl (C=O) groups is 1. The summed E-state index contributed by atoms with van der Waals surface area (Å²) >= 11 is 0. The summed E-state index contributed by atoms with van der Waals surface area (Å²) in [7, 11) is 0. The van der Waals surface area contributed by atoms with Crippen LogP contribution >= 0.6 is 0 Å². The molecule has 0 saturated heterocycles. The molecule has 0 aromatic carbocycles. The number of aryl methyl sites for hydroxylation is 1. The van der Waals surface area contributed by atoms with Gasteiger partial charge in [0.05, 0.1) is 6.26 Å². The zero-order valence-corrected chi connectivity index (χ0v) is 11.4. The predicted molar refractivity (Wildman–Crippen MR) is 72.3 cm³/mol. The maximum absolute atomic E-state index is 12.0. The molecule has 0 radical (unpaired) electrons. The van der Waals surface area contributed by atoms with Gasteiger partial charge in [-0.25, -0.2) is 4.98 Å². The van der Waals surface area contributed by atoms with Gasteiger partial charge in [-0.1, -0.05) is 0 Å². The monoisotopic (exact) mass is 274 g/mol. The van der Waals surface area contributed by atoms with Gasteiger partial charge in [0, 0.05) is 18.4 Å². The van der Waals surface area contributed by atoms with Crippen molar-refractivity contribution in [2.24, 2.45) is 0 Å². The number of rotatable bonds is 6. The molecule has 1 aliphatic rings. The first kappa shape index (κ1) is 12.9. The number of aromatic nitrogens is 3. The number of nitrogens with zero attached hydrogens (tertiary/aromatic N) is 2. The molecule has 6 nitrogen and oxygen atoms in total. The molecule has 2 heterocycles. The Labute approximate surface area is 117 Å². The highest BCUT2D eigenvalue weighted by Crippen LogP contribution is 2.37. The molecule has 2 aromatic heterocycles. The molecule has 2 N–H and O–H groups in total. The summed E-state index contributed by atoms with van der Waals surface area (Å²) in [5.74, 6) is 2.25. The van der Waals surface area contributed by atoms with E-state index in [1.165, 1.54) is 0 Å². The second kappa shape index (κ2) is 5.48. The highest BCUT2D eigenvalue weighted by atomic mass is 16.3. The second-order valence-electron chi connectivity index (χ2n) is 5.31. The quantitative estimate of drug-likeness (QED) is 0.844. The third-order valence-corrected chi connectivity index (χ3v) is 3.45. The zero-order valence-electron chi connectivity index (χ0n) is 11.4. The highest BCUT2D eigenvalue weighted by Gasteiger charge is 2.28. The highest BCUT2D eigenvalue weighted by molar-refractivity contribution is 5.90. The van der Waals surface area contributed by atoms with Crippen molar-refractivity contribution in [2.45, 2.75) is 44.6 Å². The third-order valence-electron chi connectivity index (χ3n) is 3.45. The number of nitrogens with one attached hydrogen (secondary N) is 2. The Kier molecular flexibility index (Phi) is 3.54. The van der Waals surface area contributed by atoms with Crippen molar-refractivity contribution in [1.29, 1.82) is 0 Å². The van der Waals surface area contributed by atoms with Crippen LogP contribution in [0.25, 0.3) is 0 Å². The van der Waals surface area contributed by atoms with Crippen molar-refractivity contribution in [3.05, 3.63) is 35.8 Å². The van der Waals surface area contributed by atoms with Gasteiger partial charge in [-0.2, -0.15) is 0 Å². The van der Waals surface area contributed by atoms with Crippen LogP contribution in [0.2, 0.25) is 0 Å². The van der Waals surface area contributed by atoms with E-state index in [2.05, 4.69) is 20.5 Å². The normalized spacial score (nSPS) is 16.1. The summed E-state index contributed by atoms with van der Waals surface area (Å²) in [6.45, 7) is 1.97. The Balaban J connectivity index is 1.49. The van der Waals surface area contributed by atoms with E-state index in [1.54, 1.807) is 6.26 Å². The van der Waals surface area contributed by atoms with Crippen molar-refractivity contribution < 1.29 is 9.21 Å². The van der Waals surface area contributed by atoms with Gasteiger partial charge in [0.2, 0.25) is 5.82 Å². The molecule has 1 fully saturated rings. The number of hydrogen-bond acceptors (Lipinski definition) is 4. The van der Waals surface area contributed by atoms with Gasteiger partial charge in [-0.15, -0.1) is 5.10 Å². The number of carbonyl (C=O) groups excluding carboxylic acids is 1. The van der Waals surface area contributed by atoms with E-state index in [0.717, 1.165) is 37.3 Å². The fourth-order valence-electron chi connectivity index (χ4n) is 2.09. The van der Waals surface area contributed by atoms with Gasteiger partial charge < -0.3 is 9.73 Å². The average Bonchev–Trinajstić information content (AvgIpc) is 2.96. The van der Waals surface area contributed by atoms with Gasteiger partial charge in [0.1, 0.15) is 11.6 Å². The SMILES string of the molecule is CC(CCc1ccco1)NC(=O)c1n[nH]c(C2CC2)n1. The second-order valence-corrected chi connectivity index (χ2v) is 5.31. The van der Waals surface area contributed by atoms with E-state index < -0.39 is 0 Å². The number of aromatic amines is 1. The Morgan fingerprint density at radius 1 is 1.60 bits per heavy atom. The molecule has 1 amide bonds. The standard InChI is InChI=1S/C14H18N4O2/c1-9(4-7-11-3-2-8-20-11)15-14(19)13-16-12(17-18-13)10-5-6-10/h2-3,8-10H,4-7H2,1H3,(H,15,19)(H,16,17,18). The lowest BCUT2D eigenvalue weighted by Crippen LogP contribution is -2.33. The van der Waals surface area contributed by atoms with Gasteiger partial charge in [0.15, 0.2) is 0 Å². The summed E-state index contributed by atoms with van der Waals surface area (Å²) in [6, 6.07) is 3.85. The maximum atomic E-state index is 12.0. The molecule has 3 rings (SSSR count). The van der Waals surface area contributed by atoms with Crippen LogP contribution in [0, 0.1) is 0 Å². The first-order valence-corrected chi connectivity index (χ1v) is 6.98. The first-order valence-electron chi connectivity index (χ1n) is 6.98. The van der Waals surface area contributed by atoms with Crippen molar-refractivity contribution >= 4 is 5.91 Å². The molecule has 0 spiro atoms. The Hall–Kier alpha value is -2.11. The number of amides is 1. The van der Waals surface area contributed by atoms with Gasteiger partial charge in [0.25, 0.3) is 5.91 Å². The number of furan rings is 1. The third kappa shape index (κ3) is 3.07. The van der Waals surface area contributed by atoms with E-state index in [4.69, 9.17) is 4.42 Å². The molecule has 20 heavy (non-hydrogen) atoms. The summed E-state index contributed by atoms with van der Waals surface area (Å²) in [6.07, 6.45) is 5.55. The largest absolute Gasteiger partial charge is 0.469 e. The molecule has 1 saturated carbocycles. The van der Waals surface area contributed by atoms with Crippen LogP contribution in [0.1, 0.15) is 54.3 Å². The minimum atomic E-state index is -0.222. The molecule has 6 heteroatoms. The van der Waals surface area contributed by atoms with Crippen molar-refractivity contribution in [2.75, 3.05) is 0 Å². The zero-order chi connectivity index (χ0) is 13.9. The lowest BCUT2D eigenvalue weighted by atomic mass is 10.1. The minimum Gasteiger partial charge on any atom is -0.469 e. The first-order chi connectivity index (χ1) is 9.72. The molecule has 1 unspecified atom stereocenters. The van der Waals surface area contributed by atoms with E-state index in [-0.39, 0.29) is 17.8 Å². The van der Waals surface area contributed by atoms with Crippen molar-refractivity contribution in [3.63, 3.8) is 0 Å². The Morgan fingerprint density at radius 2 is 2.45 bits per heavy atom. The van der Waals surface area contributed by atoms with Crippen LogP contribution in [0.5, 0.6) is 0 Å². The summed E-state index contributed by atoms with van der Waals surface area (Å²) in [5.41, 5.74) is 0. The molecule has 1 atom stereocenters. The molecule has 0 bridgehead atoms. The summed E-state index contributed by atoms with van der Waals surface area (Å²) < 4.78 is 5.27. The molecule has 2 aromatic rings. The van der Waals surface area contributed by atoms with Gasteiger partial charge in [-0.3, -0.25) is 9.89 Å². The Morgan fingerprint density at radius 3 is 3.15 bits per heavy atom. The van der Waals surface area contributed by atoms with E-state index in [1.807, 2.05) is 19.1 Å². The smallest absolute Gasteiger partial charge is 0.291 e. The van der Waals surface area contributed by atoms with Gasteiger partial charge in [-0.05, 0) is 38.3 Å².